The molecule has 37 heavy (non-hydrogen) atoms. The molecule has 1 unspecified atom stereocenters. The van der Waals surface area contributed by atoms with Gasteiger partial charge in [-0.3, -0.25) is 9.98 Å². The lowest BCUT2D eigenvalue weighted by atomic mass is 9.99. The van der Waals surface area contributed by atoms with Gasteiger partial charge >= 0.3 is 6.18 Å². The number of aromatic nitrogens is 2. The Kier molecular flexibility index (Phi) is 5.23. The maximum absolute atomic E-state index is 14.1. The highest BCUT2D eigenvalue weighted by atomic mass is 35.5. The third-order valence-electron chi connectivity index (χ3n) is 6.86. The van der Waals surface area contributed by atoms with Crippen molar-refractivity contribution in [3.05, 3.63) is 74.8 Å². The van der Waals surface area contributed by atoms with E-state index in [1.165, 1.54) is 25.3 Å². The van der Waals surface area contributed by atoms with Crippen molar-refractivity contribution in [2.75, 3.05) is 18.1 Å². The Morgan fingerprint density at radius 2 is 2.03 bits per heavy atom. The van der Waals surface area contributed by atoms with Gasteiger partial charge in [0.1, 0.15) is 30.3 Å². The summed E-state index contributed by atoms with van der Waals surface area (Å²) in [5, 5.41) is 4.18. The molecule has 5 N–H and O–H groups in total. The zero-order chi connectivity index (χ0) is 26.1. The monoisotopic (exact) mass is 527 g/mol. The minimum Gasteiger partial charge on any atom is -0.463 e. The van der Waals surface area contributed by atoms with E-state index >= 15 is 0 Å². The summed E-state index contributed by atoms with van der Waals surface area (Å²) < 4.78 is 48.1. The van der Waals surface area contributed by atoms with Crippen molar-refractivity contribution < 1.29 is 17.9 Å². The van der Waals surface area contributed by atoms with Crippen LogP contribution in [0.4, 0.5) is 24.7 Å². The van der Waals surface area contributed by atoms with E-state index in [1.807, 2.05) is 4.90 Å². The zero-order valence-corrected chi connectivity index (χ0v) is 20.3. The molecule has 0 amide bonds. The number of ether oxygens (including phenoxy) is 1. The van der Waals surface area contributed by atoms with Crippen LogP contribution in [0.1, 0.15) is 34.7 Å². The molecule has 3 aromatic rings. The predicted molar refractivity (Wildman–Crippen MR) is 132 cm³/mol. The summed E-state index contributed by atoms with van der Waals surface area (Å²) >= 11 is 6.76. The zero-order valence-electron chi connectivity index (χ0n) is 19.5. The SMILES string of the molecule is Cc1cc(N)nc(-c2cc3c4c(c2Cl)=NCNC=4N(C2CCc4c(N)cncc42)C=CO3)c1C(F)(F)F. The number of benzene rings is 1. The Hall–Kier alpha value is -3.99. The Labute approximate surface area is 214 Å². The molecule has 6 rings (SSSR count). The molecule has 12 heteroatoms. The molecule has 0 saturated carbocycles. The molecular formula is C25H21ClF3N7O. The maximum atomic E-state index is 14.1. The number of anilines is 2. The lowest BCUT2D eigenvalue weighted by Crippen LogP contribution is -2.44. The largest absolute Gasteiger partial charge is 0.463 e. The van der Waals surface area contributed by atoms with Crippen LogP contribution in [0, 0.1) is 6.92 Å². The number of nitrogen functional groups attached to an aromatic ring is 2. The standard InChI is InChI=1S/C25H21ClF3N7O/c1-11-6-18(31)35-22(20(11)25(27,28)29)13-7-17-19-23(21(13)26)33-10-34-24(19)36(4-5-37-17)16-3-2-12-14(16)8-32-9-15(12)30/h4-9,16,34H,2-3,10,30H2,1H3,(H2,31,35). The number of nitrogens with one attached hydrogen (secondary N) is 1. The van der Waals surface area contributed by atoms with Crippen molar-refractivity contribution in [3.8, 4) is 17.0 Å². The lowest BCUT2D eigenvalue weighted by Gasteiger charge is -2.31. The summed E-state index contributed by atoms with van der Waals surface area (Å²) in [5.74, 6) is 0.916. The number of rotatable bonds is 2. The van der Waals surface area contributed by atoms with E-state index < -0.39 is 11.7 Å². The molecule has 0 saturated heterocycles. The lowest BCUT2D eigenvalue weighted by molar-refractivity contribution is -0.137. The van der Waals surface area contributed by atoms with Gasteiger partial charge in [0.15, 0.2) is 0 Å². The Morgan fingerprint density at radius 3 is 2.81 bits per heavy atom. The van der Waals surface area contributed by atoms with Crippen molar-refractivity contribution in [1.29, 1.82) is 0 Å². The van der Waals surface area contributed by atoms with Crippen molar-refractivity contribution >= 4 is 28.9 Å². The minimum absolute atomic E-state index is 0.0314. The van der Waals surface area contributed by atoms with Crippen LogP contribution in [0.2, 0.25) is 5.02 Å². The Balaban J connectivity index is 1.59. The van der Waals surface area contributed by atoms with Crippen molar-refractivity contribution in [1.82, 2.24) is 20.2 Å². The normalized spacial score (nSPS) is 17.9. The second-order valence-corrected chi connectivity index (χ2v) is 9.43. The first kappa shape index (κ1) is 23.4. The summed E-state index contributed by atoms with van der Waals surface area (Å²) in [7, 11) is 0. The van der Waals surface area contributed by atoms with E-state index in [-0.39, 0.29) is 46.1 Å². The number of fused-ring (bicyclic) bond motifs is 1. The molecular weight excluding hydrogens is 507 g/mol. The molecule has 1 aromatic carbocycles. The van der Waals surface area contributed by atoms with E-state index in [9.17, 15) is 13.2 Å². The molecule has 2 aliphatic heterocycles. The Bertz CT molecular complexity index is 1620. The van der Waals surface area contributed by atoms with E-state index in [2.05, 4.69) is 20.3 Å². The fraction of sp³-hybridized carbons (Fsp3) is 0.240. The average Bonchev–Trinajstić information content (AvgIpc) is 3.18. The average molecular weight is 528 g/mol. The summed E-state index contributed by atoms with van der Waals surface area (Å²) in [6, 6.07) is 2.56. The topological polar surface area (TPSA) is 115 Å². The fourth-order valence-corrected chi connectivity index (χ4v) is 5.64. The number of nitrogens with two attached hydrogens (primary N) is 2. The predicted octanol–water partition coefficient (Wildman–Crippen LogP) is 3.39. The second-order valence-electron chi connectivity index (χ2n) is 9.05. The summed E-state index contributed by atoms with van der Waals surface area (Å²) in [4.78, 5) is 14.8. The van der Waals surface area contributed by atoms with Crippen LogP contribution in [0.15, 0.2) is 42.0 Å². The molecule has 4 heterocycles. The summed E-state index contributed by atoms with van der Waals surface area (Å²) in [6.07, 6.45) is 3.61. The van der Waals surface area contributed by atoms with Gasteiger partial charge in [0, 0.05) is 18.0 Å². The molecule has 0 bridgehead atoms. The van der Waals surface area contributed by atoms with Crippen LogP contribution < -0.4 is 32.1 Å². The smallest absolute Gasteiger partial charge is 0.418 e. The number of halogens is 4. The molecule has 0 spiro atoms. The van der Waals surface area contributed by atoms with Gasteiger partial charge in [0.2, 0.25) is 0 Å². The number of hydrogen-bond acceptors (Lipinski definition) is 8. The van der Waals surface area contributed by atoms with Crippen molar-refractivity contribution in [3.63, 3.8) is 0 Å². The van der Waals surface area contributed by atoms with Gasteiger partial charge in [-0.15, -0.1) is 0 Å². The Morgan fingerprint density at radius 1 is 1.22 bits per heavy atom. The molecule has 3 aliphatic rings. The van der Waals surface area contributed by atoms with E-state index in [1.54, 1.807) is 18.6 Å². The highest BCUT2D eigenvalue weighted by Gasteiger charge is 2.38. The van der Waals surface area contributed by atoms with Crippen LogP contribution in [-0.4, -0.2) is 21.5 Å². The van der Waals surface area contributed by atoms with Crippen LogP contribution in [0.25, 0.3) is 17.1 Å². The van der Waals surface area contributed by atoms with Gasteiger partial charge in [0.25, 0.3) is 0 Å². The van der Waals surface area contributed by atoms with Gasteiger partial charge in [-0.25, -0.2) is 4.98 Å². The van der Waals surface area contributed by atoms with Gasteiger partial charge in [-0.2, -0.15) is 13.2 Å². The number of nitrogens with zero attached hydrogens (tertiary/aromatic N) is 4. The maximum Gasteiger partial charge on any atom is 0.418 e. The molecule has 1 atom stereocenters. The first-order chi connectivity index (χ1) is 17.6. The van der Waals surface area contributed by atoms with Crippen LogP contribution >= 0.6 is 11.6 Å². The number of hydrogen-bond donors (Lipinski definition) is 3. The van der Waals surface area contributed by atoms with Crippen molar-refractivity contribution in [2.45, 2.75) is 32.0 Å². The first-order valence-electron chi connectivity index (χ1n) is 11.5. The van der Waals surface area contributed by atoms with Crippen LogP contribution in [-0.2, 0) is 12.6 Å². The van der Waals surface area contributed by atoms with Crippen LogP contribution in [0.3, 0.4) is 0 Å². The minimum atomic E-state index is -4.67. The van der Waals surface area contributed by atoms with Gasteiger partial charge in [0.05, 0.1) is 44.8 Å². The van der Waals surface area contributed by atoms with Gasteiger partial charge < -0.3 is 26.4 Å². The quantitative estimate of drug-likeness (QED) is 0.468. The summed E-state index contributed by atoms with van der Waals surface area (Å²) in [6.45, 7) is 1.50. The molecule has 2 aromatic heterocycles. The molecule has 0 fully saturated rings. The summed E-state index contributed by atoms with van der Waals surface area (Å²) in [5.41, 5.74) is 13.4. The fourth-order valence-electron chi connectivity index (χ4n) is 5.34. The van der Waals surface area contributed by atoms with E-state index in [0.29, 0.717) is 22.1 Å². The number of pyridine rings is 2. The van der Waals surface area contributed by atoms with E-state index in [0.717, 1.165) is 24.0 Å². The third-order valence-corrected chi connectivity index (χ3v) is 7.24. The molecule has 1 aliphatic carbocycles. The van der Waals surface area contributed by atoms with Gasteiger partial charge in [-0.05, 0) is 48.6 Å². The highest BCUT2D eigenvalue weighted by Crippen LogP contribution is 2.42. The first-order valence-corrected chi connectivity index (χ1v) is 11.9. The molecule has 8 nitrogen and oxygen atoms in total. The number of aryl methyl sites for hydroxylation is 1. The molecule has 0 radical (unpaired) electrons. The van der Waals surface area contributed by atoms with E-state index in [4.69, 9.17) is 27.8 Å². The van der Waals surface area contributed by atoms with Crippen molar-refractivity contribution in [2.24, 2.45) is 4.99 Å². The third kappa shape index (κ3) is 3.64. The van der Waals surface area contributed by atoms with Gasteiger partial charge in [-0.1, -0.05) is 11.6 Å². The van der Waals surface area contributed by atoms with Crippen LogP contribution in [0.5, 0.6) is 5.75 Å². The number of alkyl halides is 3. The highest BCUT2D eigenvalue weighted by molar-refractivity contribution is 6.33. The second kappa shape index (κ2) is 8.27. The molecule has 190 valence electrons.